The lowest BCUT2D eigenvalue weighted by atomic mass is 10.2. The zero-order valence-electron chi connectivity index (χ0n) is 7.71. The van der Waals surface area contributed by atoms with Gasteiger partial charge in [-0.05, 0) is 11.6 Å². The van der Waals surface area contributed by atoms with Crippen LogP contribution in [0.15, 0.2) is 23.1 Å². The van der Waals surface area contributed by atoms with Gasteiger partial charge in [0.2, 0.25) is 0 Å². The highest BCUT2D eigenvalue weighted by Gasteiger charge is 2.16. The van der Waals surface area contributed by atoms with Crippen LogP contribution in [-0.4, -0.2) is 11.8 Å². The Morgan fingerprint density at radius 1 is 1.62 bits per heavy atom. The van der Waals surface area contributed by atoms with Crippen molar-refractivity contribution in [2.75, 3.05) is 11.9 Å². The van der Waals surface area contributed by atoms with E-state index in [2.05, 4.69) is 30.4 Å². The fraction of sp³-hybridized carbons (Fsp3) is 0.400. The van der Waals surface area contributed by atoms with E-state index in [-0.39, 0.29) is 0 Å². The number of nitrogens with two attached hydrogens (primary N) is 1. The molecule has 3 N–H and O–H groups in total. The Bertz CT molecular complexity index is 298. The lowest BCUT2D eigenvalue weighted by molar-refractivity contribution is 0.949. The molecule has 70 valence electrons. The molecule has 0 radical (unpaired) electrons. The van der Waals surface area contributed by atoms with Crippen LogP contribution < -0.4 is 11.1 Å². The van der Waals surface area contributed by atoms with Gasteiger partial charge in [-0.15, -0.1) is 11.8 Å². The topological polar surface area (TPSA) is 38.0 Å². The fourth-order valence-electron chi connectivity index (χ4n) is 1.52. The number of hydrogen-bond acceptors (Lipinski definition) is 3. The third kappa shape index (κ3) is 1.67. The predicted molar refractivity (Wildman–Crippen MR) is 58.1 cm³/mol. The first-order chi connectivity index (χ1) is 6.31. The summed E-state index contributed by atoms with van der Waals surface area (Å²) in [6.07, 6.45) is 0. The summed E-state index contributed by atoms with van der Waals surface area (Å²) in [4.78, 5) is 1.34. The second kappa shape index (κ2) is 3.60. The molecule has 1 heterocycles. The van der Waals surface area contributed by atoms with E-state index in [9.17, 15) is 0 Å². The molecule has 0 spiro atoms. The van der Waals surface area contributed by atoms with Crippen molar-refractivity contribution in [3.8, 4) is 0 Å². The molecular formula is C10H14N2S. The molecule has 1 aromatic rings. The molecule has 2 rings (SSSR count). The van der Waals surface area contributed by atoms with Gasteiger partial charge in [-0.2, -0.15) is 0 Å². The van der Waals surface area contributed by atoms with Gasteiger partial charge in [-0.3, -0.25) is 0 Å². The molecule has 0 aliphatic carbocycles. The normalized spacial score (nSPS) is 20.6. The summed E-state index contributed by atoms with van der Waals surface area (Å²) in [6.45, 7) is 3.91. The summed E-state index contributed by atoms with van der Waals surface area (Å²) >= 11 is 1.92. The highest BCUT2D eigenvalue weighted by atomic mass is 32.2. The van der Waals surface area contributed by atoms with Crippen molar-refractivity contribution in [2.45, 2.75) is 23.6 Å². The standard InChI is InChI=1S/C10H14N2S/c1-7-6-12-9-4-2-3-8(5-11)10(9)13-7/h2-4,7,12H,5-6,11H2,1H3. The number of nitrogens with one attached hydrogen (secondary N) is 1. The number of anilines is 1. The van der Waals surface area contributed by atoms with Crippen LogP contribution in [0.1, 0.15) is 12.5 Å². The molecule has 0 saturated carbocycles. The van der Waals surface area contributed by atoms with Crippen LogP contribution in [0.25, 0.3) is 0 Å². The van der Waals surface area contributed by atoms with Gasteiger partial charge in [0.1, 0.15) is 0 Å². The largest absolute Gasteiger partial charge is 0.383 e. The Morgan fingerprint density at radius 3 is 3.23 bits per heavy atom. The maximum atomic E-state index is 5.68. The zero-order valence-corrected chi connectivity index (χ0v) is 8.53. The van der Waals surface area contributed by atoms with E-state index in [0.717, 1.165) is 6.54 Å². The van der Waals surface area contributed by atoms with E-state index in [1.54, 1.807) is 0 Å². The van der Waals surface area contributed by atoms with E-state index >= 15 is 0 Å². The van der Waals surface area contributed by atoms with Crippen molar-refractivity contribution in [1.29, 1.82) is 0 Å². The van der Waals surface area contributed by atoms with Crippen molar-refractivity contribution >= 4 is 17.4 Å². The summed E-state index contributed by atoms with van der Waals surface area (Å²) in [7, 11) is 0. The Labute approximate surface area is 82.9 Å². The summed E-state index contributed by atoms with van der Waals surface area (Å²) in [5.41, 5.74) is 8.17. The lowest BCUT2D eigenvalue weighted by Crippen LogP contribution is -2.19. The van der Waals surface area contributed by atoms with Crippen molar-refractivity contribution in [1.82, 2.24) is 0 Å². The predicted octanol–water partition coefficient (Wildman–Crippen LogP) is 2.05. The van der Waals surface area contributed by atoms with Crippen LogP contribution in [0.5, 0.6) is 0 Å². The first-order valence-corrected chi connectivity index (χ1v) is 5.41. The Hall–Kier alpha value is -0.670. The van der Waals surface area contributed by atoms with Gasteiger partial charge in [0.15, 0.2) is 0 Å². The molecule has 0 saturated heterocycles. The van der Waals surface area contributed by atoms with E-state index < -0.39 is 0 Å². The molecule has 2 nitrogen and oxygen atoms in total. The maximum absolute atomic E-state index is 5.68. The monoisotopic (exact) mass is 194 g/mol. The van der Waals surface area contributed by atoms with Crippen molar-refractivity contribution in [3.05, 3.63) is 23.8 Å². The Balaban J connectivity index is 2.41. The third-order valence-electron chi connectivity index (χ3n) is 2.22. The molecular weight excluding hydrogens is 180 g/mol. The molecule has 13 heavy (non-hydrogen) atoms. The number of rotatable bonds is 1. The van der Waals surface area contributed by atoms with Crippen molar-refractivity contribution in [3.63, 3.8) is 0 Å². The second-order valence-corrected chi connectivity index (χ2v) is 4.76. The second-order valence-electron chi connectivity index (χ2n) is 3.31. The van der Waals surface area contributed by atoms with Crippen LogP contribution in [0, 0.1) is 0 Å². The molecule has 0 fully saturated rings. The zero-order chi connectivity index (χ0) is 9.26. The average Bonchev–Trinajstić information content (AvgIpc) is 2.17. The Morgan fingerprint density at radius 2 is 2.46 bits per heavy atom. The summed E-state index contributed by atoms with van der Waals surface area (Å²) in [5.74, 6) is 0. The molecule has 1 atom stereocenters. The minimum Gasteiger partial charge on any atom is -0.383 e. The maximum Gasteiger partial charge on any atom is 0.0482 e. The van der Waals surface area contributed by atoms with E-state index in [1.807, 2.05) is 11.8 Å². The summed E-state index contributed by atoms with van der Waals surface area (Å²) < 4.78 is 0. The molecule has 1 unspecified atom stereocenters. The van der Waals surface area contributed by atoms with E-state index in [1.165, 1.54) is 16.1 Å². The number of thioether (sulfide) groups is 1. The molecule has 1 aromatic carbocycles. The van der Waals surface area contributed by atoms with Gasteiger partial charge in [0, 0.05) is 28.9 Å². The van der Waals surface area contributed by atoms with Crippen molar-refractivity contribution in [2.24, 2.45) is 5.73 Å². The first-order valence-electron chi connectivity index (χ1n) is 4.53. The molecule has 0 amide bonds. The van der Waals surface area contributed by atoms with Gasteiger partial charge in [-0.1, -0.05) is 19.1 Å². The van der Waals surface area contributed by atoms with E-state index in [0.29, 0.717) is 11.8 Å². The SMILES string of the molecule is CC1CNc2cccc(CN)c2S1. The van der Waals surface area contributed by atoms with Gasteiger partial charge in [0.05, 0.1) is 0 Å². The van der Waals surface area contributed by atoms with Crippen molar-refractivity contribution < 1.29 is 0 Å². The molecule has 1 aliphatic heterocycles. The van der Waals surface area contributed by atoms with Crippen LogP contribution in [-0.2, 0) is 6.54 Å². The molecule has 3 heteroatoms. The van der Waals surface area contributed by atoms with Crippen LogP contribution in [0.4, 0.5) is 5.69 Å². The summed E-state index contributed by atoms with van der Waals surface area (Å²) in [6, 6.07) is 6.28. The molecule has 0 aromatic heterocycles. The molecule has 0 bridgehead atoms. The highest BCUT2D eigenvalue weighted by Crippen LogP contribution is 2.37. The minimum atomic E-state index is 0.630. The first kappa shape index (κ1) is 8.91. The quantitative estimate of drug-likeness (QED) is 0.718. The van der Waals surface area contributed by atoms with E-state index in [4.69, 9.17) is 5.73 Å². The van der Waals surface area contributed by atoms with Gasteiger partial charge >= 0.3 is 0 Å². The van der Waals surface area contributed by atoms with Gasteiger partial charge in [0.25, 0.3) is 0 Å². The Kier molecular flexibility index (Phi) is 2.47. The highest BCUT2D eigenvalue weighted by molar-refractivity contribution is 8.00. The van der Waals surface area contributed by atoms with Crippen LogP contribution in [0.3, 0.4) is 0 Å². The summed E-state index contributed by atoms with van der Waals surface area (Å²) in [5, 5.41) is 4.05. The minimum absolute atomic E-state index is 0.630. The van der Waals surface area contributed by atoms with Crippen LogP contribution >= 0.6 is 11.8 Å². The van der Waals surface area contributed by atoms with Gasteiger partial charge in [-0.25, -0.2) is 0 Å². The smallest absolute Gasteiger partial charge is 0.0482 e. The average molecular weight is 194 g/mol. The fourth-order valence-corrected chi connectivity index (χ4v) is 2.66. The number of benzene rings is 1. The third-order valence-corrected chi connectivity index (χ3v) is 3.50. The lowest BCUT2D eigenvalue weighted by Gasteiger charge is -2.24. The van der Waals surface area contributed by atoms with Crippen LogP contribution in [0.2, 0.25) is 0 Å². The van der Waals surface area contributed by atoms with Gasteiger partial charge < -0.3 is 11.1 Å². The molecule has 1 aliphatic rings. The number of fused-ring (bicyclic) bond motifs is 1. The number of hydrogen-bond donors (Lipinski definition) is 2.